The number of halogens is 3. The van der Waals surface area contributed by atoms with Gasteiger partial charge in [0.05, 0.1) is 16.8 Å². The molecule has 0 aliphatic carbocycles. The Bertz CT molecular complexity index is 549. The fraction of sp³-hybridized carbons (Fsp3) is 0.231. The van der Waals surface area contributed by atoms with Crippen molar-refractivity contribution in [2.75, 3.05) is 7.11 Å². The summed E-state index contributed by atoms with van der Waals surface area (Å²) in [6, 6.07) is 7.85. The van der Waals surface area contributed by atoms with Gasteiger partial charge < -0.3 is 4.74 Å². The van der Waals surface area contributed by atoms with Crippen LogP contribution in [0.15, 0.2) is 28.7 Å². The van der Waals surface area contributed by atoms with E-state index in [9.17, 15) is 0 Å². The lowest BCUT2D eigenvalue weighted by molar-refractivity contribution is 0.410. The van der Waals surface area contributed by atoms with Gasteiger partial charge in [-0.3, -0.25) is 0 Å². The van der Waals surface area contributed by atoms with Crippen molar-refractivity contribution in [3.05, 3.63) is 49.1 Å². The molecular formula is C13H11BrCl2OS. The average Bonchev–Trinajstić information content (AvgIpc) is 2.68. The normalized spacial score (nSPS) is 12.5. The van der Waals surface area contributed by atoms with Gasteiger partial charge >= 0.3 is 0 Å². The van der Waals surface area contributed by atoms with Gasteiger partial charge in [0.1, 0.15) is 5.75 Å². The minimum absolute atomic E-state index is 0.246. The van der Waals surface area contributed by atoms with Gasteiger partial charge in [-0.05, 0) is 30.7 Å². The van der Waals surface area contributed by atoms with Gasteiger partial charge in [0.25, 0.3) is 0 Å². The molecule has 0 saturated heterocycles. The van der Waals surface area contributed by atoms with Crippen LogP contribution >= 0.6 is 50.5 Å². The van der Waals surface area contributed by atoms with Crippen molar-refractivity contribution >= 4 is 50.5 Å². The van der Waals surface area contributed by atoms with E-state index >= 15 is 0 Å². The lowest BCUT2D eigenvalue weighted by Gasteiger charge is -2.13. The van der Waals surface area contributed by atoms with Crippen LogP contribution in [-0.2, 0) is 0 Å². The van der Waals surface area contributed by atoms with Crippen LogP contribution in [0.3, 0.4) is 0 Å². The molecule has 0 radical (unpaired) electrons. The number of thiophene rings is 1. The molecule has 0 saturated carbocycles. The molecule has 96 valence electrons. The highest BCUT2D eigenvalue weighted by Gasteiger charge is 2.18. The molecule has 2 aromatic rings. The molecule has 0 fully saturated rings. The molecular weight excluding hydrogens is 355 g/mol. The van der Waals surface area contributed by atoms with Gasteiger partial charge in [0, 0.05) is 14.9 Å². The van der Waals surface area contributed by atoms with E-state index in [1.54, 1.807) is 7.11 Å². The van der Waals surface area contributed by atoms with E-state index in [1.165, 1.54) is 11.3 Å². The van der Waals surface area contributed by atoms with Gasteiger partial charge in [-0.25, -0.2) is 0 Å². The Labute approximate surface area is 129 Å². The van der Waals surface area contributed by atoms with Crippen molar-refractivity contribution in [2.24, 2.45) is 0 Å². The van der Waals surface area contributed by atoms with E-state index in [2.05, 4.69) is 15.9 Å². The monoisotopic (exact) mass is 364 g/mol. The summed E-state index contributed by atoms with van der Waals surface area (Å²) in [5.74, 6) is 0.770. The first kappa shape index (κ1) is 14.2. The molecule has 18 heavy (non-hydrogen) atoms. The van der Waals surface area contributed by atoms with Gasteiger partial charge in [0.2, 0.25) is 0 Å². The molecule has 0 spiro atoms. The van der Waals surface area contributed by atoms with Crippen LogP contribution in [0.4, 0.5) is 0 Å². The third kappa shape index (κ3) is 2.85. The zero-order valence-electron chi connectivity index (χ0n) is 9.84. The fourth-order valence-electron chi connectivity index (χ4n) is 1.66. The fourth-order valence-corrected chi connectivity index (χ4v) is 3.59. The van der Waals surface area contributed by atoms with Crippen molar-refractivity contribution in [1.82, 2.24) is 0 Å². The molecule has 0 N–H and O–H groups in total. The third-order valence-electron chi connectivity index (χ3n) is 2.59. The minimum atomic E-state index is -0.246. The Morgan fingerprint density at radius 3 is 2.61 bits per heavy atom. The highest BCUT2D eigenvalue weighted by molar-refractivity contribution is 9.10. The topological polar surface area (TPSA) is 9.23 Å². The van der Waals surface area contributed by atoms with Crippen molar-refractivity contribution in [3.8, 4) is 5.75 Å². The summed E-state index contributed by atoms with van der Waals surface area (Å²) in [4.78, 5) is 1.03. The number of rotatable bonds is 3. The van der Waals surface area contributed by atoms with Crippen LogP contribution in [0, 0.1) is 6.92 Å². The molecule has 0 amide bonds. The second kappa shape index (κ2) is 5.83. The standard InChI is InChI=1S/C13H11BrCl2OS/c1-7-5-11(18-13(7)16)12(15)9-4-3-8(14)6-10(9)17-2/h3-6,12H,1-2H3. The predicted octanol–water partition coefficient (Wildman–Crippen LogP) is 5.81. The first-order valence-corrected chi connectivity index (χ1v) is 7.68. The highest BCUT2D eigenvalue weighted by Crippen LogP contribution is 2.41. The maximum atomic E-state index is 6.51. The quantitative estimate of drug-likeness (QED) is 0.623. The molecule has 5 heteroatoms. The molecule has 1 atom stereocenters. The number of ether oxygens (including phenoxy) is 1. The Kier molecular flexibility index (Phi) is 4.59. The van der Waals surface area contributed by atoms with E-state index in [4.69, 9.17) is 27.9 Å². The molecule has 1 heterocycles. The molecule has 1 nitrogen and oxygen atoms in total. The van der Waals surface area contributed by atoms with Crippen molar-refractivity contribution in [1.29, 1.82) is 0 Å². The van der Waals surface area contributed by atoms with Crippen LogP contribution in [0.2, 0.25) is 4.34 Å². The van der Waals surface area contributed by atoms with Crippen molar-refractivity contribution < 1.29 is 4.74 Å². The SMILES string of the molecule is COc1cc(Br)ccc1C(Cl)c1cc(C)c(Cl)s1. The summed E-state index contributed by atoms with van der Waals surface area (Å²) in [6.45, 7) is 1.98. The van der Waals surface area contributed by atoms with Gasteiger partial charge in [-0.1, -0.05) is 33.6 Å². The number of methoxy groups -OCH3 is 1. The summed E-state index contributed by atoms with van der Waals surface area (Å²) >= 11 is 17.5. The zero-order valence-corrected chi connectivity index (χ0v) is 13.8. The van der Waals surface area contributed by atoms with Crippen LogP contribution in [0.5, 0.6) is 5.75 Å². The lowest BCUT2D eigenvalue weighted by Crippen LogP contribution is -1.95. The number of hydrogen-bond acceptors (Lipinski definition) is 2. The Morgan fingerprint density at radius 1 is 1.33 bits per heavy atom. The molecule has 0 aliphatic heterocycles. The van der Waals surface area contributed by atoms with Crippen LogP contribution in [0.25, 0.3) is 0 Å². The van der Waals surface area contributed by atoms with Gasteiger partial charge in [0.15, 0.2) is 0 Å². The highest BCUT2D eigenvalue weighted by atomic mass is 79.9. The number of aryl methyl sites for hydroxylation is 1. The third-order valence-corrected chi connectivity index (χ3v) is 5.31. The van der Waals surface area contributed by atoms with E-state index in [-0.39, 0.29) is 5.38 Å². The maximum Gasteiger partial charge on any atom is 0.125 e. The minimum Gasteiger partial charge on any atom is -0.496 e. The van der Waals surface area contributed by atoms with Crippen LogP contribution in [0.1, 0.15) is 21.4 Å². The first-order valence-electron chi connectivity index (χ1n) is 5.26. The summed E-state index contributed by atoms with van der Waals surface area (Å²) in [7, 11) is 1.64. The molecule has 0 aliphatic rings. The summed E-state index contributed by atoms with van der Waals surface area (Å²) in [5.41, 5.74) is 2.00. The smallest absolute Gasteiger partial charge is 0.125 e. The summed E-state index contributed by atoms with van der Waals surface area (Å²) in [5, 5.41) is -0.246. The van der Waals surface area contributed by atoms with E-state index in [1.807, 2.05) is 31.2 Å². The van der Waals surface area contributed by atoms with Gasteiger partial charge in [-0.2, -0.15) is 0 Å². The Hall–Kier alpha value is -0.220. The first-order chi connectivity index (χ1) is 8.52. The lowest BCUT2D eigenvalue weighted by atomic mass is 10.1. The Morgan fingerprint density at radius 2 is 2.06 bits per heavy atom. The molecule has 2 rings (SSSR count). The summed E-state index contributed by atoms with van der Waals surface area (Å²) < 4.78 is 7.11. The number of alkyl halides is 1. The van der Waals surface area contributed by atoms with E-state index in [0.717, 1.165) is 30.6 Å². The average molecular weight is 366 g/mol. The molecule has 0 bridgehead atoms. The molecule has 1 aromatic carbocycles. The number of hydrogen-bond donors (Lipinski definition) is 0. The second-order valence-corrected chi connectivity index (χ2v) is 6.89. The van der Waals surface area contributed by atoms with Crippen LogP contribution < -0.4 is 4.74 Å². The second-order valence-electron chi connectivity index (χ2n) is 3.85. The summed E-state index contributed by atoms with van der Waals surface area (Å²) in [6.07, 6.45) is 0. The molecule has 1 unspecified atom stereocenters. The zero-order chi connectivity index (χ0) is 13.3. The van der Waals surface area contributed by atoms with Crippen LogP contribution in [-0.4, -0.2) is 7.11 Å². The largest absolute Gasteiger partial charge is 0.496 e. The Balaban J connectivity index is 2.42. The van der Waals surface area contributed by atoms with E-state index in [0.29, 0.717) is 0 Å². The molecule has 1 aromatic heterocycles. The predicted molar refractivity (Wildman–Crippen MR) is 82.5 cm³/mol. The van der Waals surface area contributed by atoms with E-state index < -0.39 is 0 Å². The van der Waals surface area contributed by atoms with Gasteiger partial charge in [-0.15, -0.1) is 22.9 Å². The van der Waals surface area contributed by atoms with Crippen molar-refractivity contribution in [3.63, 3.8) is 0 Å². The maximum absolute atomic E-state index is 6.51. The number of benzene rings is 1. The van der Waals surface area contributed by atoms with Crippen molar-refractivity contribution in [2.45, 2.75) is 12.3 Å².